The number of carboxylic acid groups (broad SMARTS) is 1. The molecular formula is C13H13F3O5. The number of carbonyl (C=O) groups excluding carboxylic acids is 1. The number of benzene rings is 1. The predicted molar refractivity (Wildman–Crippen MR) is 65.0 cm³/mol. The third kappa shape index (κ3) is 5.72. The molecule has 0 radical (unpaired) electrons. The molecule has 0 aliphatic heterocycles. The maximum Gasteiger partial charge on any atom is 0.573 e. The topological polar surface area (TPSA) is 72.8 Å². The first kappa shape index (κ1) is 16.8. The number of hydrogen-bond acceptors (Lipinski definition) is 4. The molecule has 0 aliphatic carbocycles. The van der Waals surface area contributed by atoms with Crippen LogP contribution in [0, 0.1) is 0 Å². The van der Waals surface area contributed by atoms with Crippen LogP contribution in [0.2, 0.25) is 0 Å². The number of aliphatic carboxylic acids is 1. The van der Waals surface area contributed by atoms with E-state index in [1.54, 1.807) is 0 Å². The average Bonchev–Trinajstić information content (AvgIpc) is 2.34. The third-order valence-corrected chi connectivity index (χ3v) is 2.39. The van der Waals surface area contributed by atoms with Crippen molar-refractivity contribution in [3.8, 4) is 5.75 Å². The molecule has 0 bridgehead atoms. The molecule has 0 saturated heterocycles. The fraction of sp³-hybridized carbons (Fsp3) is 0.385. The van der Waals surface area contributed by atoms with Gasteiger partial charge in [0.05, 0.1) is 6.61 Å². The van der Waals surface area contributed by atoms with E-state index in [0.29, 0.717) is 5.56 Å². The first-order valence-corrected chi connectivity index (χ1v) is 6.00. The van der Waals surface area contributed by atoms with E-state index in [2.05, 4.69) is 9.47 Å². The number of ether oxygens (including phenoxy) is 2. The second-order valence-corrected chi connectivity index (χ2v) is 3.99. The number of halogens is 3. The Morgan fingerprint density at radius 3 is 2.48 bits per heavy atom. The standard InChI is InChI=1S/C13H13F3O5/c1-2-20-12(19)9-5-3-8(4-6-11(17)18)7-10(9)21-13(14,15)16/h3,5,7H,2,4,6H2,1H3,(H,17,18). The Morgan fingerprint density at radius 1 is 1.29 bits per heavy atom. The van der Waals surface area contributed by atoms with E-state index in [4.69, 9.17) is 5.11 Å². The zero-order valence-electron chi connectivity index (χ0n) is 11.1. The SMILES string of the molecule is CCOC(=O)c1ccc(CCC(=O)O)cc1OC(F)(F)F. The van der Waals surface area contributed by atoms with Gasteiger partial charge in [0.25, 0.3) is 0 Å². The molecule has 1 aromatic carbocycles. The Kier molecular flexibility index (Phi) is 5.57. The minimum absolute atomic E-state index is 0.00502. The maximum atomic E-state index is 12.3. The second kappa shape index (κ2) is 6.96. The molecule has 8 heteroatoms. The van der Waals surface area contributed by atoms with Crippen LogP contribution in [-0.2, 0) is 16.0 Å². The van der Waals surface area contributed by atoms with E-state index in [9.17, 15) is 22.8 Å². The molecule has 0 saturated carbocycles. The number of rotatable bonds is 6. The van der Waals surface area contributed by atoms with Gasteiger partial charge in [-0.3, -0.25) is 4.79 Å². The Labute approximate surface area is 118 Å². The number of esters is 1. The molecule has 116 valence electrons. The molecule has 0 unspecified atom stereocenters. The molecule has 21 heavy (non-hydrogen) atoms. The van der Waals surface area contributed by atoms with Crippen LogP contribution in [0.3, 0.4) is 0 Å². The van der Waals surface area contributed by atoms with Crippen molar-refractivity contribution in [1.29, 1.82) is 0 Å². The monoisotopic (exact) mass is 306 g/mol. The zero-order chi connectivity index (χ0) is 16.0. The lowest BCUT2D eigenvalue weighted by Crippen LogP contribution is -2.20. The Hall–Kier alpha value is -2.25. The summed E-state index contributed by atoms with van der Waals surface area (Å²) in [5.74, 6) is -2.73. The van der Waals surface area contributed by atoms with Gasteiger partial charge in [0, 0.05) is 6.42 Å². The molecule has 0 atom stereocenters. The van der Waals surface area contributed by atoms with E-state index in [0.717, 1.165) is 12.1 Å². The van der Waals surface area contributed by atoms with Gasteiger partial charge < -0.3 is 14.6 Å². The fourth-order valence-electron chi connectivity index (χ4n) is 1.56. The quantitative estimate of drug-likeness (QED) is 0.818. The van der Waals surface area contributed by atoms with Gasteiger partial charge in [-0.15, -0.1) is 13.2 Å². The molecule has 1 aromatic rings. The van der Waals surface area contributed by atoms with Gasteiger partial charge in [-0.1, -0.05) is 6.07 Å². The minimum atomic E-state index is -4.97. The van der Waals surface area contributed by atoms with Crippen molar-refractivity contribution >= 4 is 11.9 Å². The molecule has 0 fully saturated rings. The van der Waals surface area contributed by atoms with Crippen molar-refractivity contribution in [3.63, 3.8) is 0 Å². The fourth-order valence-corrected chi connectivity index (χ4v) is 1.56. The van der Waals surface area contributed by atoms with E-state index in [1.165, 1.54) is 13.0 Å². The molecule has 0 amide bonds. The Bertz CT molecular complexity index is 525. The summed E-state index contributed by atoms with van der Waals surface area (Å²) in [7, 11) is 0. The summed E-state index contributed by atoms with van der Waals surface area (Å²) in [6, 6.07) is 3.47. The van der Waals surface area contributed by atoms with E-state index in [1.807, 2.05) is 0 Å². The van der Waals surface area contributed by atoms with Crippen LogP contribution >= 0.6 is 0 Å². The van der Waals surface area contributed by atoms with Crippen LogP contribution in [0.25, 0.3) is 0 Å². The first-order valence-electron chi connectivity index (χ1n) is 6.00. The lowest BCUT2D eigenvalue weighted by atomic mass is 10.1. The number of hydrogen-bond donors (Lipinski definition) is 1. The van der Waals surface area contributed by atoms with Crippen molar-refractivity contribution in [2.24, 2.45) is 0 Å². The summed E-state index contributed by atoms with van der Waals surface area (Å²) < 4.78 is 45.5. The lowest BCUT2D eigenvalue weighted by Gasteiger charge is -2.14. The summed E-state index contributed by atoms with van der Waals surface area (Å²) in [4.78, 5) is 22.0. The number of aryl methyl sites for hydroxylation is 1. The van der Waals surface area contributed by atoms with Crippen LogP contribution in [0.5, 0.6) is 5.75 Å². The van der Waals surface area contributed by atoms with Gasteiger partial charge in [0.1, 0.15) is 11.3 Å². The summed E-state index contributed by atoms with van der Waals surface area (Å²) in [6.45, 7) is 1.52. The summed E-state index contributed by atoms with van der Waals surface area (Å²) in [6.07, 6.45) is -5.19. The number of carbonyl (C=O) groups is 2. The zero-order valence-corrected chi connectivity index (χ0v) is 11.1. The highest BCUT2D eigenvalue weighted by molar-refractivity contribution is 5.92. The van der Waals surface area contributed by atoms with Gasteiger partial charge in [0.2, 0.25) is 0 Å². The highest BCUT2D eigenvalue weighted by atomic mass is 19.4. The second-order valence-electron chi connectivity index (χ2n) is 3.99. The highest BCUT2D eigenvalue weighted by Crippen LogP contribution is 2.28. The predicted octanol–water partition coefficient (Wildman–Crippen LogP) is 2.78. The smallest absolute Gasteiger partial charge is 0.481 e. The Balaban J connectivity index is 3.07. The molecule has 0 aromatic heterocycles. The van der Waals surface area contributed by atoms with Gasteiger partial charge in [-0.25, -0.2) is 4.79 Å². The molecule has 1 N–H and O–H groups in total. The van der Waals surface area contributed by atoms with Crippen LogP contribution < -0.4 is 4.74 Å². The normalized spacial score (nSPS) is 11.0. The number of carboxylic acids is 1. The average molecular weight is 306 g/mol. The molecule has 5 nitrogen and oxygen atoms in total. The van der Waals surface area contributed by atoms with Crippen LogP contribution in [0.4, 0.5) is 13.2 Å². The van der Waals surface area contributed by atoms with Gasteiger partial charge in [-0.05, 0) is 31.0 Å². The van der Waals surface area contributed by atoms with Gasteiger partial charge >= 0.3 is 18.3 Å². The lowest BCUT2D eigenvalue weighted by molar-refractivity contribution is -0.274. The summed E-state index contributed by atoms with van der Waals surface area (Å²) in [5.41, 5.74) is -0.0575. The van der Waals surface area contributed by atoms with Crippen molar-refractivity contribution in [3.05, 3.63) is 29.3 Å². The molecule has 0 heterocycles. The largest absolute Gasteiger partial charge is 0.573 e. The van der Waals surface area contributed by atoms with Crippen LogP contribution in [0.1, 0.15) is 29.3 Å². The maximum absolute atomic E-state index is 12.3. The van der Waals surface area contributed by atoms with Gasteiger partial charge in [-0.2, -0.15) is 0 Å². The van der Waals surface area contributed by atoms with Crippen molar-refractivity contribution in [1.82, 2.24) is 0 Å². The van der Waals surface area contributed by atoms with Gasteiger partial charge in [0.15, 0.2) is 0 Å². The van der Waals surface area contributed by atoms with Crippen LogP contribution in [0.15, 0.2) is 18.2 Å². The van der Waals surface area contributed by atoms with E-state index in [-0.39, 0.29) is 25.0 Å². The molecule has 0 spiro atoms. The van der Waals surface area contributed by atoms with E-state index >= 15 is 0 Å². The van der Waals surface area contributed by atoms with Crippen molar-refractivity contribution in [2.45, 2.75) is 26.1 Å². The summed E-state index contributed by atoms with van der Waals surface area (Å²) in [5, 5.41) is 8.56. The van der Waals surface area contributed by atoms with Crippen molar-refractivity contribution in [2.75, 3.05) is 6.61 Å². The summed E-state index contributed by atoms with van der Waals surface area (Å²) >= 11 is 0. The molecule has 1 rings (SSSR count). The van der Waals surface area contributed by atoms with E-state index < -0.39 is 24.1 Å². The third-order valence-electron chi connectivity index (χ3n) is 2.39. The highest BCUT2D eigenvalue weighted by Gasteiger charge is 2.33. The molecular weight excluding hydrogens is 293 g/mol. The van der Waals surface area contributed by atoms with Crippen LogP contribution in [-0.4, -0.2) is 30.0 Å². The molecule has 0 aliphatic rings. The first-order chi connectivity index (χ1) is 9.73. The Morgan fingerprint density at radius 2 is 1.95 bits per heavy atom. The van der Waals surface area contributed by atoms with Crippen molar-refractivity contribution < 1.29 is 37.3 Å². The minimum Gasteiger partial charge on any atom is -0.481 e. The number of alkyl halides is 3.